The van der Waals surface area contributed by atoms with Crippen molar-refractivity contribution in [3.05, 3.63) is 89.4 Å². The molecule has 32 heavy (non-hydrogen) atoms. The lowest BCUT2D eigenvalue weighted by molar-refractivity contribution is 0.0499. The molecule has 0 unspecified atom stereocenters. The molecular weight excluding hydrogens is 408 g/mol. The summed E-state index contributed by atoms with van der Waals surface area (Å²) in [5, 5.41) is 5.70. The number of carbonyl (C=O) groups excluding carboxylic acids is 3. The van der Waals surface area contributed by atoms with Gasteiger partial charge in [0.1, 0.15) is 0 Å². The van der Waals surface area contributed by atoms with Crippen molar-refractivity contribution in [2.45, 2.75) is 32.9 Å². The van der Waals surface area contributed by atoms with E-state index < -0.39 is 18.0 Å². The normalized spacial score (nSPS) is 11.4. The molecule has 0 aliphatic carbocycles. The van der Waals surface area contributed by atoms with Crippen LogP contribution in [-0.4, -0.2) is 30.4 Å². The third kappa shape index (κ3) is 6.07. The molecule has 166 valence electrons. The number of hydrogen-bond acceptors (Lipinski definition) is 6. The molecule has 7 heteroatoms. The molecule has 3 rings (SSSR count). The molecule has 1 atom stereocenters. The van der Waals surface area contributed by atoms with Crippen molar-refractivity contribution in [3.63, 3.8) is 0 Å². The van der Waals surface area contributed by atoms with Gasteiger partial charge in [0.25, 0.3) is 5.91 Å². The fourth-order valence-corrected chi connectivity index (χ4v) is 2.92. The molecule has 3 aromatic rings. The van der Waals surface area contributed by atoms with E-state index in [9.17, 15) is 14.4 Å². The van der Waals surface area contributed by atoms with Crippen LogP contribution in [0.15, 0.2) is 71.3 Å². The third-order valence-electron chi connectivity index (χ3n) is 4.78. The van der Waals surface area contributed by atoms with E-state index in [1.54, 1.807) is 42.5 Å². The van der Waals surface area contributed by atoms with Gasteiger partial charge < -0.3 is 19.8 Å². The van der Waals surface area contributed by atoms with Crippen LogP contribution in [0.3, 0.4) is 0 Å². The number of hydrogen-bond donors (Lipinski definition) is 2. The summed E-state index contributed by atoms with van der Waals surface area (Å²) in [4.78, 5) is 37.7. The van der Waals surface area contributed by atoms with E-state index in [1.807, 2.05) is 26.0 Å². The van der Waals surface area contributed by atoms with Crippen LogP contribution in [0.5, 0.6) is 0 Å². The van der Waals surface area contributed by atoms with Crippen LogP contribution >= 0.6 is 0 Å². The summed E-state index contributed by atoms with van der Waals surface area (Å²) in [6.45, 7) is 4.33. The first kappa shape index (κ1) is 22.8. The molecule has 1 heterocycles. The standard InChI is InChI=1S/C25H26N2O5/c1-3-4-15-32-25(30)19-11-13-20(14-12-19)26-23(27-24(29)21-6-5-16-31-21)22(28)18-9-7-17(2)8-10-18/h5-14,16,23,26H,3-4,15H2,1-2H3,(H,27,29)/t23-/m1/s1. The van der Waals surface area contributed by atoms with Crippen molar-refractivity contribution >= 4 is 23.3 Å². The van der Waals surface area contributed by atoms with Gasteiger partial charge >= 0.3 is 5.97 Å². The number of benzene rings is 2. The van der Waals surface area contributed by atoms with E-state index in [1.165, 1.54) is 12.3 Å². The fraction of sp³-hybridized carbons (Fsp3) is 0.240. The number of carbonyl (C=O) groups is 3. The monoisotopic (exact) mass is 434 g/mol. The van der Waals surface area contributed by atoms with E-state index in [2.05, 4.69) is 10.6 Å². The van der Waals surface area contributed by atoms with Gasteiger partial charge in [0, 0.05) is 11.3 Å². The smallest absolute Gasteiger partial charge is 0.338 e. The third-order valence-corrected chi connectivity index (χ3v) is 4.78. The van der Waals surface area contributed by atoms with Crippen molar-refractivity contribution in [1.29, 1.82) is 0 Å². The van der Waals surface area contributed by atoms with Gasteiger partial charge in [-0.3, -0.25) is 9.59 Å². The summed E-state index contributed by atoms with van der Waals surface area (Å²) in [6, 6.07) is 16.7. The quantitative estimate of drug-likeness (QED) is 0.210. The Bertz CT molecular complexity index is 1040. The highest BCUT2D eigenvalue weighted by Crippen LogP contribution is 2.15. The molecule has 1 aromatic heterocycles. The molecule has 2 N–H and O–H groups in total. The van der Waals surface area contributed by atoms with Crippen molar-refractivity contribution in [3.8, 4) is 0 Å². The number of unbranched alkanes of at least 4 members (excludes halogenated alkanes) is 1. The molecule has 7 nitrogen and oxygen atoms in total. The minimum absolute atomic E-state index is 0.0960. The average Bonchev–Trinajstić information content (AvgIpc) is 3.34. The van der Waals surface area contributed by atoms with Crippen molar-refractivity contribution < 1.29 is 23.5 Å². The van der Waals surface area contributed by atoms with Gasteiger partial charge in [-0.05, 0) is 49.7 Å². The molecule has 0 saturated heterocycles. The summed E-state index contributed by atoms with van der Waals surface area (Å²) >= 11 is 0. The second kappa shape index (κ2) is 10.9. The average molecular weight is 434 g/mol. The summed E-state index contributed by atoms with van der Waals surface area (Å²) in [7, 11) is 0. The van der Waals surface area contributed by atoms with Gasteiger partial charge in [-0.1, -0.05) is 43.2 Å². The maximum absolute atomic E-state index is 13.1. The van der Waals surface area contributed by atoms with Crippen molar-refractivity contribution in [2.75, 3.05) is 11.9 Å². The Hall–Kier alpha value is -3.87. The second-order valence-electron chi connectivity index (χ2n) is 7.33. The Morgan fingerprint density at radius 3 is 2.28 bits per heavy atom. The van der Waals surface area contributed by atoms with E-state index in [0.29, 0.717) is 23.4 Å². The Morgan fingerprint density at radius 1 is 0.969 bits per heavy atom. The number of ketones is 1. The molecule has 0 aliphatic rings. The molecule has 0 spiro atoms. The summed E-state index contributed by atoms with van der Waals surface area (Å²) < 4.78 is 10.3. The topological polar surface area (TPSA) is 97.6 Å². The highest BCUT2D eigenvalue weighted by atomic mass is 16.5. The van der Waals surface area contributed by atoms with E-state index in [-0.39, 0.29) is 11.5 Å². The lowest BCUT2D eigenvalue weighted by Crippen LogP contribution is -2.46. The van der Waals surface area contributed by atoms with Crippen molar-refractivity contribution in [1.82, 2.24) is 5.32 Å². The zero-order chi connectivity index (χ0) is 22.9. The van der Waals surface area contributed by atoms with Gasteiger partial charge in [0.15, 0.2) is 11.9 Å². The van der Waals surface area contributed by atoms with Gasteiger partial charge in [-0.2, -0.15) is 0 Å². The Labute approximate surface area is 186 Å². The van der Waals surface area contributed by atoms with Crippen LogP contribution in [0, 0.1) is 6.92 Å². The highest BCUT2D eigenvalue weighted by Gasteiger charge is 2.24. The minimum atomic E-state index is -1.04. The molecule has 0 bridgehead atoms. The minimum Gasteiger partial charge on any atom is -0.462 e. The zero-order valence-electron chi connectivity index (χ0n) is 18.1. The molecule has 0 fully saturated rings. The van der Waals surface area contributed by atoms with Gasteiger partial charge in [0.05, 0.1) is 18.4 Å². The fourth-order valence-electron chi connectivity index (χ4n) is 2.92. The van der Waals surface area contributed by atoms with E-state index in [0.717, 1.165) is 18.4 Å². The molecular formula is C25H26N2O5. The summed E-state index contributed by atoms with van der Waals surface area (Å²) in [5.74, 6) is -1.14. The zero-order valence-corrected chi connectivity index (χ0v) is 18.1. The maximum atomic E-state index is 13.1. The number of furan rings is 1. The number of rotatable bonds is 10. The summed E-state index contributed by atoms with van der Waals surface area (Å²) in [5.41, 5.74) is 2.43. The van der Waals surface area contributed by atoms with Crippen LogP contribution in [0.1, 0.15) is 56.6 Å². The largest absolute Gasteiger partial charge is 0.462 e. The Balaban J connectivity index is 1.75. The van der Waals surface area contributed by atoms with Gasteiger partial charge in [0.2, 0.25) is 5.78 Å². The first-order valence-electron chi connectivity index (χ1n) is 10.5. The first-order chi connectivity index (χ1) is 15.5. The molecule has 2 aromatic carbocycles. The van der Waals surface area contributed by atoms with Gasteiger partial charge in [-0.25, -0.2) is 4.79 Å². The Morgan fingerprint density at radius 2 is 1.66 bits per heavy atom. The van der Waals surface area contributed by atoms with Crippen LogP contribution in [0.4, 0.5) is 5.69 Å². The maximum Gasteiger partial charge on any atom is 0.338 e. The molecule has 0 saturated carbocycles. The number of anilines is 1. The number of Topliss-reactive ketones (excluding diaryl/α,β-unsaturated/α-hetero) is 1. The lowest BCUT2D eigenvalue weighted by Gasteiger charge is -2.20. The number of esters is 1. The molecule has 0 radical (unpaired) electrons. The van der Waals surface area contributed by atoms with Crippen molar-refractivity contribution in [2.24, 2.45) is 0 Å². The second-order valence-corrected chi connectivity index (χ2v) is 7.33. The molecule has 1 amide bonds. The highest BCUT2D eigenvalue weighted by molar-refractivity contribution is 6.04. The van der Waals surface area contributed by atoms with Crippen LogP contribution in [0.25, 0.3) is 0 Å². The Kier molecular flexibility index (Phi) is 7.80. The van der Waals surface area contributed by atoms with Gasteiger partial charge in [-0.15, -0.1) is 0 Å². The summed E-state index contributed by atoms with van der Waals surface area (Å²) in [6.07, 6.45) is 2.09. The first-order valence-corrected chi connectivity index (χ1v) is 10.5. The predicted molar refractivity (Wildman–Crippen MR) is 121 cm³/mol. The van der Waals surface area contributed by atoms with Crippen LogP contribution < -0.4 is 10.6 Å². The van der Waals surface area contributed by atoms with Crippen LogP contribution in [0.2, 0.25) is 0 Å². The molecule has 0 aliphatic heterocycles. The number of amides is 1. The lowest BCUT2D eigenvalue weighted by atomic mass is 10.1. The number of aryl methyl sites for hydroxylation is 1. The van der Waals surface area contributed by atoms with E-state index >= 15 is 0 Å². The predicted octanol–water partition coefficient (Wildman–Crippen LogP) is 4.60. The number of ether oxygens (including phenoxy) is 1. The van der Waals surface area contributed by atoms with E-state index in [4.69, 9.17) is 9.15 Å². The number of nitrogens with one attached hydrogen (secondary N) is 2. The SMILES string of the molecule is CCCCOC(=O)c1ccc(N[C@H](NC(=O)c2ccco2)C(=O)c2ccc(C)cc2)cc1. The van der Waals surface area contributed by atoms with Crippen LogP contribution in [-0.2, 0) is 4.74 Å².